The highest BCUT2D eigenvalue weighted by Gasteiger charge is 1.97. The van der Waals surface area contributed by atoms with E-state index in [1.54, 1.807) is 0 Å². The van der Waals surface area contributed by atoms with Gasteiger partial charge in [-0.05, 0) is 24.5 Å². The van der Waals surface area contributed by atoms with Gasteiger partial charge in [0.05, 0.1) is 0 Å². The van der Waals surface area contributed by atoms with Crippen LogP contribution in [0.15, 0.2) is 36.4 Å². The monoisotopic (exact) mass is 162 g/mol. The standard InChI is InChI=1S/C11H14O/c1-2-10(8-9-12)11-6-4-3-5-7-11/h2-7,12H,8-9H2,1H3/b10-2+. The van der Waals surface area contributed by atoms with Gasteiger partial charge in [-0.1, -0.05) is 36.4 Å². The fourth-order valence-corrected chi connectivity index (χ4v) is 1.23. The van der Waals surface area contributed by atoms with Crippen molar-refractivity contribution in [3.63, 3.8) is 0 Å². The van der Waals surface area contributed by atoms with Crippen molar-refractivity contribution >= 4 is 5.57 Å². The van der Waals surface area contributed by atoms with Crippen LogP contribution in [0.25, 0.3) is 5.57 Å². The van der Waals surface area contributed by atoms with Gasteiger partial charge in [0.2, 0.25) is 0 Å². The Morgan fingerprint density at radius 3 is 2.50 bits per heavy atom. The molecule has 0 saturated carbocycles. The highest BCUT2D eigenvalue weighted by atomic mass is 16.2. The Hall–Kier alpha value is -1.08. The van der Waals surface area contributed by atoms with Crippen molar-refractivity contribution in [2.24, 2.45) is 0 Å². The maximum Gasteiger partial charge on any atom is 0.0471 e. The summed E-state index contributed by atoms with van der Waals surface area (Å²) in [7, 11) is 0. The summed E-state index contributed by atoms with van der Waals surface area (Å²) in [6, 6.07) is 10.1. The number of aliphatic hydroxyl groups is 1. The van der Waals surface area contributed by atoms with Crippen LogP contribution in [0.2, 0.25) is 0 Å². The van der Waals surface area contributed by atoms with E-state index in [1.165, 1.54) is 11.1 Å². The van der Waals surface area contributed by atoms with Crippen molar-refractivity contribution in [1.82, 2.24) is 0 Å². The van der Waals surface area contributed by atoms with E-state index in [0.29, 0.717) is 0 Å². The lowest BCUT2D eigenvalue weighted by Gasteiger charge is -2.03. The minimum Gasteiger partial charge on any atom is -0.396 e. The molecule has 1 nitrogen and oxygen atoms in total. The Morgan fingerprint density at radius 1 is 1.33 bits per heavy atom. The summed E-state index contributed by atoms with van der Waals surface area (Å²) in [5, 5.41) is 8.79. The molecule has 0 bridgehead atoms. The van der Waals surface area contributed by atoms with Crippen molar-refractivity contribution in [3.05, 3.63) is 42.0 Å². The van der Waals surface area contributed by atoms with Crippen LogP contribution in [0.4, 0.5) is 0 Å². The summed E-state index contributed by atoms with van der Waals surface area (Å²) in [4.78, 5) is 0. The van der Waals surface area contributed by atoms with E-state index in [-0.39, 0.29) is 6.61 Å². The fourth-order valence-electron chi connectivity index (χ4n) is 1.23. The number of aliphatic hydroxyl groups excluding tert-OH is 1. The molecule has 1 aromatic rings. The van der Waals surface area contributed by atoms with Gasteiger partial charge in [-0.25, -0.2) is 0 Å². The van der Waals surface area contributed by atoms with Crippen molar-refractivity contribution in [2.45, 2.75) is 13.3 Å². The second kappa shape index (κ2) is 4.73. The molecule has 0 aliphatic rings. The molecule has 0 radical (unpaired) electrons. The normalized spacial score (nSPS) is 11.7. The van der Waals surface area contributed by atoms with Crippen LogP contribution in [0.5, 0.6) is 0 Å². The second-order valence-corrected chi connectivity index (χ2v) is 2.65. The first-order valence-electron chi connectivity index (χ1n) is 4.20. The summed E-state index contributed by atoms with van der Waals surface area (Å²) < 4.78 is 0. The molecule has 12 heavy (non-hydrogen) atoms. The average molecular weight is 162 g/mol. The molecule has 0 aliphatic heterocycles. The third-order valence-electron chi connectivity index (χ3n) is 1.87. The SMILES string of the molecule is C/C=C(\CCO)c1ccccc1. The van der Waals surface area contributed by atoms with Gasteiger partial charge in [-0.3, -0.25) is 0 Å². The third-order valence-corrected chi connectivity index (χ3v) is 1.87. The highest BCUT2D eigenvalue weighted by Crippen LogP contribution is 2.16. The predicted octanol–water partition coefficient (Wildman–Crippen LogP) is 2.47. The van der Waals surface area contributed by atoms with Crippen LogP contribution in [-0.4, -0.2) is 11.7 Å². The highest BCUT2D eigenvalue weighted by molar-refractivity contribution is 5.65. The van der Waals surface area contributed by atoms with Crippen LogP contribution < -0.4 is 0 Å². The third kappa shape index (κ3) is 2.21. The summed E-state index contributed by atoms with van der Waals surface area (Å²) in [5.41, 5.74) is 2.41. The molecular formula is C11H14O. The van der Waals surface area contributed by atoms with E-state index >= 15 is 0 Å². The lowest BCUT2D eigenvalue weighted by Crippen LogP contribution is -1.87. The van der Waals surface area contributed by atoms with Gasteiger partial charge in [0.15, 0.2) is 0 Å². The smallest absolute Gasteiger partial charge is 0.0471 e. The van der Waals surface area contributed by atoms with Crippen molar-refractivity contribution < 1.29 is 5.11 Å². The van der Waals surface area contributed by atoms with Gasteiger partial charge in [0.1, 0.15) is 0 Å². The lowest BCUT2D eigenvalue weighted by atomic mass is 10.0. The molecule has 0 aromatic heterocycles. The number of rotatable bonds is 3. The van der Waals surface area contributed by atoms with Gasteiger partial charge in [0.25, 0.3) is 0 Å². The summed E-state index contributed by atoms with van der Waals surface area (Å²) in [5.74, 6) is 0. The summed E-state index contributed by atoms with van der Waals surface area (Å²) >= 11 is 0. The Labute approximate surface area is 73.4 Å². The molecule has 0 unspecified atom stereocenters. The molecule has 0 spiro atoms. The molecule has 64 valence electrons. The van der Waals surface area contributed by atoms with Crippen molar-refractivity contribution in [2.75, 3.05) is 6.61 Å². The van der Waals surface area contributed by atoms with Gasteiger partial charge >= 0.3 is 0 Å². The van der Waals surface area contributed by atoms with Crippen molar-refractivity contribution in [1.29, 1.82) is 0 Å². The van der Waals surface area contributed by atoms with Gasteiger partial charge in [-0.15, -0.1) is 0 Å². The summed E-state index contributed by atoms with van der Waals surface area (Å²) in [6.07, 6.45) is 2.78. The van der Waals surface area contributed by atoms with Gasteiger partial charge in [0, 0.05) is 6.61 Å². The molecule has 0 heterocycles. The maximum atomic E-state index is 8.79. The molecule has 1 rings (SSSR count). The van der Waals surface area contributed by atoms with E-state index in [0.717, 1.165) is 6.42 Å². The molecule has 0 amide bonds. The number of allylic oxidation sites excluding steroid dienone is 1. The Balaban J connectivity index is 2.82. The maximum absolute atomic E-state index is 8.79. The molecule has 1 N–H and O–H groups in total. The predicted molar refractivity (Wildman–Crippen MR) is 51.8 cm³/mol. The number of hydrogen-bond donors (Lipinski definition) is 1. The molecular weight excluding hydrogens is 148 g/mol. The fraction of sp³-hybridized carbons (Fsp3) is 0.273. The minimum absolute atomic E-state index is 0.217. The minimum atomic E-state index is 0.217. The van der Waals surface area contributed by atoms with E-state index in [2.05, 4.69) is 12.1 Å². The van der Waals surface area contributed by atoms with Crippen LogP contribution in [0.3, 0.4) is 0 Å². The molecule has 0 aliphatic carbocycles. The largest absolute Gasteiger partial charge is 0.396 e. The molecule has 0 saturated heterocycles. The first-order valence-corrected chi connectivity index (χ1v) is 4.20. The van der Waals surface area contributed by atoms with Gasteiger partial charge in [-0.2, -0.15) is 0 Å². The quantitative estimate of drug-likeness (QED) is 0.724. The van der Waals surface area contributed by atoms with E-state index in [1.807, 2.05) is 31.2 Å². The Morgan fingerprint density at radius 2 is 2.00 bits per heavy atom. The first-order chi connectivity index (χ1) is 5.88. The van der Waals surface area contributed by atoms with E-state index < -0.39 is 0 Å². The van der Waals surface area contributed by atoms with Crippen LogP contribution >= 0.6 is 0 Å². The lowest BCUT2D eigenvalue weighted by molar-refractivity contribution is 0.305. The second-order valence-electron chi connectivity index (χ2n) is 2.65. The topological polar surface area (TPSA) is 20.2 Å². The van der Waals surface area contributed by atoms with Crippen LogP contribution in [-0.2, 0) is 0 Å². The molecule has 0 atom stereocenters. The zero-order valence-electron chi connectivity index (χ0n) is 7.33. The average Bonchev–Trinajstić information content (AvgIpc) is 2.15. The van der Waals surface area contributed by atoms with Crippen molar-refractivity contribution in [3.8, 4) is 0 Å². The Kier molecular flexibility index (Phi) is 3.55. The molecule has 1 aromatic carbocycles. The van der Waals surface area contributed by atoms with E-state index in [4.69, 9.17) is 5.11 Å². The first kappa shape index (κ1) is 9.01. The number of benzene rings is 1. The molecule has 1 heteroatoms. The van der Waals surface area contributed by atoms with Gasteiger partial charge < -0.3 is 5.11 Å². The van der Waals surface area contributed by atoms with Crippen LogP contribution in [0.1, 0.15) is 18.9 Å². The Bertz CT molecular complexity index is 249. The molecule has 0 fully saturated rings. The zero-order chi connectivity index (χ0) is 8.81. The summed E-state index contributed by atoms with van der Waals surface area (Å²) in [6.45, 7) is 2.21. The van der Waals surface area contributed by atoms with Crippen LogP contribution in [0, 0.1) is 0 Å². The number of hydrogen-bond acceptors (Lipinski definition) is 1. The van der Waals surface area contributed by atoms with E-state index in [9.17, 15) is 0 Å². The zero-order valence-corrected chi connectivity index (χ0v) is 7.33.